The minimum Gasteiger partial charge on any atom is -0.342 e. The van der Waals surface area contributed by atoms with E-state index >= 15 is 0 Å². The van der Waals surface area contributed by atoms with Crippen molar-refractivity contribution in [2.75, 3.05) is 18.0 Å². The van der Waals surface area contributed by atoms with Gasteiger partial charge in [-0.3, -0.25) is 23.7 Å². The number of benzene rings is 1. The molecule has 1 saturated heterocycles. The number of pyridine rings is 1. The molecule has 0 N–H and O–H groups in total. The molecule has 1 fully saturated rings. The maximum Gasteiger partial charge on any atom is 0.255 e. The van der Waals surface area contributed by atoms with Crippen molar-refractivity contribution < 1.29 is 4.79 Å². The van der Waals surface area contributed by atoms with Crippen LogP contribution in [0.5, 0.6) is 0 Å². The summed E-state index contributed by atoms with van der Waals surface area (Å²) in [4.78, 5) is 36.6. The highest BCUT2D eigenvalue weighted by Crippen LogP contribution is 2.26. The van der Waals surface area contributed by atoms with Crippen molar-refractivity contribution >= 4 is 22.8 Å². The first kappa shape index (κ1) is 19.2. The average molecular weight is 413 g/mol. The lowest BCUT2D eigenvalue weighted by Gasteiger charge is -2.33. The molecule has 1 aliphatic heterocycles. The van der Waals surface area contributed by atoms with Gasteiger partial charge in [0.05, 0.1) is 11.2 Å². The number of carbonyl (C=O) groups excluding carboxylic acids is 1. The van der Waals surface area contributed by atoms with Crippen LogP contribution in [-0.4, -0.2) is 38.1 Å². The molecule has 1 aromatic carbocycles. The quantitative estimate of drug-likeness (QED) is 0.515. The molecule has 4 aromatic rings. The Morgan fingerprint density at radius 2 is 1.77 bits per heavy atom. The Balaban J connectivity index is 1.36. The number of anilines is 1. The van der Waals surface area contributed by atoms with Crippen molar-refractivity contribution in [3.8, 4) is 11.3 Å². The molecule has 1 aliphatic rings. The summed E-state index contributed by atoms with van der Waals surface area (Å²) in [6, 6.07) is 15.1. The van der Waals surface area contributed by atoms with E-state index in [2.05, 4.69) is 9.88 Å². The van der Waals surface area contributed by atoms with Crippen LogP contribution in [0, 0.1) is 5.92 Å². The van der Waals surface area contributed by atoms with E-state index in [-0.39, 0.29) is 17.4 Å². The normalized spacial score (nSPS) is 14.8. The predicted octanol–water partition coefficient (Wildman–Crippen LogP) is 3.35. The molecule has 5 rings (SSSR count). The molecule has 0 atom stereocenters. The van der Waals surface area contributed by atoms with Gasteiger partial charge in [-0.05, 0) is 37.1 Å². The maximum absolute atomic E-state index is 13.1. The van der Waals surface area contributed by atoms with Gasteiger partial charge in [0.2, 0.25) is 11.9 Å². The number of rotatable bonds is 3. The van der Waals surface area contributed by atoms with E-state index in [9.17, 15) is 9.59 Å². The van der Waals surface area contributed by atoms with E-state index in [4.69, 9.17) is 4.98 Å². The Morgan fingerprint density at radius 1 is 1.03 bits per heavy atom. The molecule has 0 spiro atoms. The van der Waals surface area contributed by atoms with Crippen LogP contribution in [0.15, 0.2) is 71.9 Å². The topological polar surface area (TPSA) is 73.0 Å². The van der Waals surface area contributed by atoms with Crippen molar-refractivity contribution in [3.63, 3.8) is 0 Å². The molecule has 0 bridgehead atoms. The van der Waals surface area contributed by atoms with Crippen molar-refractivity contribution in [1.29, 1.82) is 0 Å². The molecular weight excluding hydrogens is 390 g/mol. The van der Waals surface area contributed by atoms with Crippen molar-refractivity contribution in [2.45, 2.75) is 12.8 Å². The highest BCUT2D eigenvalue weighted by atomic mass is 16.2. The summed E-state index contributed by atoms with van der Waals surface area (Å²) in [6.07, 6.45) is 6.69. The van der Waals surface area contributed by atoms with E-state index in [0.29, 0.717) is 24.7 Å². The number of piperidine rings is 1. The third kappa shape index (κ3) is 3.52. The lowest BCUT2D eigenvalue weighted by atomic mass is 9.96. The average Bonchev–Trinajstić information content (AvgIpc) is 3.25. The third-order valence-electron chi connectivity index (χ3n) is 6.05. The molecule has 3 aromatic heterocycles. The van der Waals surface area contributed by atoms with Gasteiger partial charge in [0.1, 0.15) is 0 Å². The Hall–Kier alpha value is -3.74. The Morgan fingerprint density at radius 3 is 2.55 bits per heavy atom. The molecule has 0 aliphatic carbocycles. The summed E-state index contributed by atoms with van der Waals surface area (Å²) >= 11 is 0. The van der Waals surface area contributed by atoms with Gasteiger partial charge >= 0.3 is 0 Å². The highest BCUT2D eigenvalue weighted by molar-refractivity contribution is 5.93. The van der Waals surface area contributed by atoms with Crippen LogP contribution in [0.4, 0.5) is 5.95 Å². The lowest BCUT2D eigenvalue weighted by Crippen LogP contribution is -2.40. The monoisotopic (exact) mass is 413 g/mol. The van der Waals surface area contributed by atoms with E-state index in [1.54, 1.807) is 34.6 Å². The maximum atomic E-state index is 13.1. The summed E-state index contributed by atoms with van der Waals surface area (Å²) in [5, 5.41) is 1.07. The van der Waals surface area contributed by atoms with Gasteiger partial charge in [-0.25, -0.2) is 4.98 Å². The highest BCUT2D eigenvalue weighted by Gasteiger charge is 2.28. The van der Waals surface area contributed by atoms with E-state index in [0.717, 1.165) is 29.3 Å². The van der Waals surface area contributed by atoms with Gasteiger partial charge in [-0.1, -0.05) is 18.2 Å². The van der Waals surface area contributed by atoms with E-state index in [1.165, 1.54) is 0 Å². The third-order valence-corrected chi connectivity index (χ3v) is 6.05. The van der Waals surface area contributed by atoms with Crippen molar-refractivity contribution in [3.05, 3.63) is 77.5 Å². The summed E-state index contributed by atoms with van der Waals surface area (Å²) < 4.78 is 3.35. The SMILES string of the molecule is Cn1c(N2CCC(C(=O)n3ccc4ccccc43)CC2)nc(-c2ccncc2)cc1=O. The Labute approximate surface area is 179 Å². The fraction of sp³-hybridized carbons (Fsp3) is 0.250. The van der Waals surface area contributed by atoms with Crippen LogP contribution < -0.4 is 10.5 Å². The van der Waals surface area contributed by atoms with Crippen LogP contribution in [0.25, 0.3) is 22.2 Å². The molecule has 0 amide bonds. The van der Waals surface area contributed by atoms with Crippen LogP contribution in [0.2, 0.25) is 0 Å². The summed E-state index contributed by atoms with van der Waals surface area (Å²) in [5.41, 5.74) is 2.34. The van der Waals surface area contributed by atoms with E-state index in [1.807, 2.05) is 48.7 Å². The van der Waals surface area contributed by atoms with Gasteiger partial charge in [-0.2, -0.15) is 0 Å². The van der Waals surface area contributed by atoms with Crippen LogP contribution >= 0.6 is 0 Å². The van der Waals surface area contributed by atoms with Crippen LogP contribution in [-0.2, 0) is 7.05 Å². The molecule has 0 saturated carbocycles. The zero-order valence-corrected chi connectivity index (χ0v) is 17.3. The molecule has 0 radical (unpaired) electrons. The Bertz CT molecular complexity index is 1300. The number of hydrogen-bond donors (Lipinski definition) is 0. The van der Waals surface area contributed by atoms with Gasteiger partial charge in [0.15, 0.2) is 0 Å². The molecule has 4 heterocycles. The van der Waals surface area contributed by atoms with Gasteiger partial charge in [0, 0.05) is 61.7 Å². The van der Waals surface area contributed by atoms with Gasteiger partial charge in [-0.15, -0.1) is 0 Å². The number of fused-ring (bicyclic) bond motifs is 1. The molecule has 7 nitrogen and oxygen atoms in total. The molecular formula is C24H23N5O2. The van der Waals surface area contributed by atoms with Gasteiger partial charge in [0.25, 0.3) is 5.56 Å². The molecule has 156 valence electrons. The minimum atomic E-state index is -0.103. The Kier molecular flexibility index (Phi) is 4.86. The summed E-state index contributed by atoms with van der Waals surface area (Å²) in [5.74, 6) is 0.720. The number of carbonyl (C=O) groups is 1. The first-order valence-electron chi connectivity index (χ1n) is 10.5. The number of para-hydroxylation sites is 1. The second-order valence-corrected chi connectivity index (χ2v) is 7.92. The molecule has 7 heteroatoms. The van der Waals surface area contributed by atoms with Crippen LogP contribution in [0.3, 0.4) is 0 Å². The standard InChI is InChI=1S/C24H23N5O2/c1-27-22(30)16-20(17-6-11-25-12-7-17)26-24(27)28-13-8-19(9-14-28)23(31)29-15-10-18-4-2-3-5-21(18)29/h2-7,10-12,15-16,19H,8-9,13-14H2,1H3. The zero-order chi connectivity index (χ0) is 21.4. The van der Waals surface area contributed by atoms with Crippen molar-refractivity contribution in [2.24, 2.45) is 13.0 Å². The predicted molar refractivity (Wildman–Crippen MR) is 120 cm³/mol. The summed E-state index contributed by atoms with van der Waals surface area (Å²) in [6.45, 7) is 1.35. The molecule has 31 heavy (non-hydrogen) atoms. The smallest absolute Gasteiger partial charge is 0.255 e. The number of nitrogens with zero attached hydrogens (tertiary/aromatic N) is 5. The second-order valence-electron chi connectivity index (χ2n) is 7.92. The zero-order valence-electron chi connectivity index (χ0n) is 17.3. The van der Waals surface area contributed by atoms with E-state index < -0.39 is 0 Å². The largest absolute Gasteiger partial charge is 0.342 e. The second kappa shape index (κ2) is 7.83. The van der Waals surface area contributed by atoms with Gasteiger partial charge < -0.3 is 4.90 Å². The molecule has 0 unspecified atom stereocenters. The lowest BCUT2D eigenvalue weighted by molar-refractivity contribution is 0.0818. The van der Waals surface area contributed by atoms with Crippen molar-refractivity contribution in [1.82, 2.24) is 19.1 Å². The fourth-order valence-corrected chi connectivity index (χ4v) is 4.28. The first-order valence-corrected chi connectivity index (χ1v) is 10.5. The minimum absolute atomic E-state index is 0.0486. The van der Waals surface area contributed by atoms with Crippen LogP contribution in [0.1, 0.15) is 17.6 Å². The number of aromatic nitrogens is 4. The fourth-order valence-electron chi connectivity index (χ4n) is 4.28. The first-order chi connectivity index (χ1) is 15.1. The summed E-state index contributed by atoms with van der Waals surface area (Å²) in [7, 11) is 1.74. The number of hydrogen-bond acceptors (Lipinski definition) is 5.